The third-order valence-electron chi connectivity index (χ3n) is 3.66. The molecule has 94 valence electrons. The molecule has 0 aliphatic carbocycles. The molecule has 0 aromatic heterocycles. The van der Waals surface area contributed by atoms with Crippen LogP contribution in [-0.2, 0) is 0 Å². The molecular formula is C14H21FN2. The van der Waals surface area contributed by atoms with Crippen LogP contribution in [0.2, 0.25) is 0 Å². The Morgan fingerprint density at radius 1 is 1.29 bits per heavy atom. The fraction of sp³-hybridized carbons (Fsp3) is 0.571. The van der Waals surface area contributed by atoms with E-state index in [4.69, 9.17) is 0 Å². The van der Waals surface area contributed by atoms with Gasteiger partial charge in [-0.05, 0) is 38.5 Å². The van der Waals surface area contributed by atoms with E-state index in [2.05, 4.69) is 31.0 Å². The number of piperazine rings is 1. The molecule has 1 aromatic rings. The van der Waals surface area contributed by atoms with Crippen molar-refractivity contribution in [3.8, 4) is 0 Å². The maximum Gasteiger partial charge on any atom is 0.123 e. The van der Waals surface area contributed by atoms with Gasteiger partial charge in [-0.25, -0.2) is 4.39 Å². The lowest BCUT2D eigenvalue weighted by Crippen LogP contribution is -2.54. The van der Waals surface area contributed by atoms with Crippen LogP contribution in [0.15, 0.2) is 24.3 Å². The highest BCUT2D eigenvalue weighted by Crippen LogP contribution is 2.24. The van der Waals surface area contributed by atoms with E-state index in [0.717, 1.165) is 13.1 Å². The lowest BCUT2D eigenvalue weighted by atomic mass is 10.0. The minimum Gasteiger partial charge on any atom is -0.311 e. The Hall–Kier alpha value is -0.930. The van der Waals surface area contributed by atoms with Crippen LogP contribution in [0.1, 0.15) is 32.4 Å². The van der Waals surface area contributed by atoms with E-state index in [1.165, 1.54) is 5.56 Å². The maximum absolute atomic E-state index is 12.9. The third kappa shape index (κ3) is 2.85. The van der Waals surface area contributed by atoms with Crippen molar-refractivity contribution in [3.05, 3.63) is 35.6 Å². The molecule has 2 nitrogen and oxygen atoms in total. The van der Waals surface area contributed by atoms with Gasteiger partial charge in [0.15, 0.2) is 0 Å². The summed E-state index contributed by atoms with van der Waals surface area (Å²) in [4.78, 5) is 2.48. The molecule has 0 spiro atoms. The zero-order chi connectivity index (χ0) is 12.4. The molecule has 17 heavy (non-hydrogen) atoms. The number of rotatable bonds is 2. The zero-order valence-corrected chi connectivity index (χ0v) is 10.8. The summed E-state index contributed by atoms with van der Waals surface area (Å²) in [5.74, 6) is -0.164. The number of nitrogens with one attached hydrogen (secondary N) is 1. The van der Waals surface area contributed by atoms with Crippen molar-refractivity contribution < 1.29 is 4.39 Å². The first-order valence-electron chi connectivity index (χ1n) is 6.32. The van der Waals surface area contributed by atoms with Crippen molar-refractivity contribution in [1.82, 2.24) is 10.2 Å². The first-order chi connectivity index (χ1) is 8.08. The van der Waals surface area contributed by atoms with Crippen molar-refractivity contribution in [1.29, 1.82) is 0 Å². The van der Waals surface area contributed by atoms with E-state index in [1.807, 2.05) is 12.1 Å². The van der Waals surface area contributed by atoms with E-state index in [1.54, 1.807) is 12.1 Å². The lowest BCUT2D eigenvalue weighted by Gasteiger charge is -2.41. The molecule has 2 rings (SSSR count). The van der Waals surface area contributed by atoms with Gasteiger partial charge >= 0.3 is 0 Å². The predicted octanol–water partition coefficient (Wildman–Crippen LogP) is 2.57. The second-order valence-electron chi connectivity index (χ2n) is 5.08. The van der Waals surface area contributed by atoms with Gasteiger partial charge in [0, 0.05) is 31.2 Å². The SMILES string of the molecule is CC1CN(C(C)c2ccc(F)cc2)C(C)CN1. The topological polar surface area (TPSA) is 15.3 Å². The van der Waals surface area contributed by atoms with Crippen LogP contribution in [0.25, 0.3) is 0 Å². The van der Waals surface area contributed by atoms with Gasteiger partial charge in [-0.1, -0.05) is 12.1 Å². The predicted molar refractivity (Wildman–Crippen MR) is 68.4 cm³/mol. The third-order valence-corrected chi connectivity index (χ3v) is 3.66. The highest BCUT2D eigenvalue weighted by Gasteiger charge is 2.26. The first-order valence-corrected chi connectivity index (χ1v) is 6.32. The average molecular weight is 236 g/mol. The smallest absolute Gasteiger partial charge is 0.123 e. The van der Waals surface area contributed by atoms with Crippen molar-refractivity contribution >= 4 is 0 Å². The second kappa shape index (κ2) is 5.15. The number of nitrogens with zero attached hydrogens (tertiary/aromatic N) is 1. The van der Waals surface area contributed by atoms with Crippen molar-refractivity contribution in [2.45, 2.75) is 38.9 Å². The van der Waals surface area contributed by atoms with E-state index in [0.29, 0.717) is 18.1 Å². The molecule has 0 radical (unpaired) electrons. The molecule has 1 fully saturated rings. The van der Waals surface area contributed by atoms with Gasteiger partial charge in [-0.15, -0.1) is 0 Å². The summed E-state index contributed by atoms with van der Waals surface area (Å²) in [7, 11) is 0. The fourth-order valence-electron chi connectivity index (χ4n) is 2.52. The van der Waals surface area contributed by atoms with Crippen molar-refractivity contribution in [2.75, 3.05) is 13.1 Å². The van der Waals surface area contributed by atoms with Crippen LogP contribution < -0.4 is 5.32 Å². The molecule has 1 heterocycles. The minimum absolute atomic E-state index is 0.164. The molecule has 0 amide bonds. The number of hydrogen-bond acceptors (Lipinski definition) is 2. The molecule has 3 unspecified atom stereocenters. The Kier molecular flexibility index (Phi) is 3.79. The van der Waals surface area contributed by atoms with E-state index in [9.17, 15) is 4.39 Å². The molecule has 0 saturated carbocycles. The number of hydrogen-bond donors (Lipinski definition) is 1. The maximum atomic E-state index is 12.9. The Labute approximate surface area is 103 Å². The normalized spacial score (nSPS) is 28.0. The largest absolute Gasteiger partial charge is 0.311 e. The first kappa shape index (κ1) is 12.5. The Balaban J connectivity index is 2.12. The van der Waals surface area contributed by atoms with Gasteiger partial charge in [-0.3, -0.25) is 4.90 Å². The lowest BCUT2D eigenvalue weighted by molar-refractivity contribution is 0.103. The van der Waals surface area contributed by atoms with Gasteiger partial charge < -0.3 is 5.32 Å². The molecule has 0 bridgehead atoms. The Morgan fingerprint density at radius 3 is 2.59 bits per heavy atom. The van der Waals surface area contributed by atoms with Crippen LogP contribution >= 0.6 is 0 Å². The minimum atomic E-state index is -0.164. The van der Waals surface area contributed by atoms with Crippen LogP contribution in [0.3, 0.4) is 0 Å². The molecule has 1 aliphatic rings. The molecule has 1 saturated heterocycles. The number of halogens is 1. The molecule has 1 aromatic carbocycles. The molecular weight excluding hydrogens is 215 g/mol. The van der Waals surface area contributed by atoms with Gasteiger partial charge in [0.1, 0.15) is 5.82 Å². The van der Waals surface area contributed by atoms with E-state index >= 15 is 0 Å². The van der Waals surface area contributed by atoms with Gasteiger partial charge in [0.2, 0.25) is 0 Å². The summed E-state index contributed by atoms with van der Waals surface area (Å²) in [5, 5.41) is 3.48. The summed E-state index contributed by atoms with van der Waals surface area (Å²) in [6.45, 7) is 8.70. The summed E-state index contributed by atoms with van der Waals surface area (Å²) in [5.41, 5.74) is 1.19. The average Bonchev–Trinajstić information content (AvgIpc) is 2.32. The number of benzene rings is 1. The highest BCUT2D eigenvalue weighted by atomic mass is 19.1. The van der Waals surface area contributed by atoms with Crippen LogP contribution in [0, 0.1) is 5.82 Å². The highest BCUT2D eigenvalue weighted by molar-refractivity contribution is 5.19. The fourth-order valence-corrected chi connectivity index (χ4v) is 2.52. The standard InChI is InChI=1S/C14H21FN2/c1-10-9-17(11(2)8-16-10)12(3)13-4-6-14(15)7-5-13/h4-7,10-12,16H,8-9H2,1-3H3. The second-order valence-corrected chi connectivity index (χ2v) is 5.08. The van der Waals surface area contributed by atoms with Crippen LogP contribution in [0.5, 0.6) is 0 Å². The summed E-state index contributed by atoms with van der Waals surface area (Å²) >= 11 is 0. The molecule has 1 aliphatic heterocycles. The van der Waals surface area contributed by atoms with Crippen LogP contribution in [0.4, 0.5) is 4.39 Å². The molecule has 3 heteroatoms. The quantitative estimate of drug-likeness (QED) is 0.849. The monoisotopic (exact) mass is 236 g/mol. The van der Waals surface area contributed by atoms with Crippen LogP contribution in [-0.4, -0.2) is 30.1 Å². The summed E-state index contributed by atoms with van der Waals surface area (Å²) in [6.07, 6.45) is 0. The van der Waals surface area contributed by atoms with E-state index < -0.39 is 0 Å². The Bertz CT molecular complexity index is 363. The van der Waals surface area contributed by atoms with Crippen molar-refractivity contribution in [2.24, 2.45) is 0 Å². The van der Waals surface area contributed by atoms with Gasteiger partial charge in [-0.2, -0.15) is 0 Å². The molecule has 1 N–H and O–H groups in total. The summed E-state index contributed by atoms with van der Waals surface area (Å²) < 4.78 is 12.9. The Morgan fingerprint density at radius 2 is 1.94 bits per heavy atom. The van der Waals surface area contributed by atoms with Crippen molar-refractivity contribution in [3.63, 3.8) is 0 Å². The van der Waals surface area contributed by atoms with Gasteiger partial charge in [0.25, 0.3) is 0 Å². The van der Waals surface area contributed by atoms with E-state index in [-0.39, 0.29) is 5.82 Å². The zero-order valence-electron chi connectivity index (χ0n) is 10.8. The summed E-state index contributed by atoms with van der Waals surface area (Å²) in [6, 6.07) is 8.25. The molecule has 3 atom stereocenters. The van der Waals surface area contributed by atoms with Gasteiger partial charge in [0.05, 0.1) is 0 Å².